The van der Waals surface area contributed by atoms with E-state index in [0.717, 1.165) is 37.7 Å². The lowest BCUT2D eigenvalue weighted by Crippen LogP contribution is -2.31. The lowest BCUT2D eigenvalue weighted by Gasteiger charge is -2.12. The molecule has 1 rings (SSSR count). The Morgan fingerprint density at radius 3 is 3.06 bits per heavy atom. The molecule has 0 aromatic heterocycles. The highest BCUT2D eigenvalue weighted by molar-refractivity contribution is 5.99. The van der Waals surface area contributed by atoms with E-state index in [-0.39, 0.29) is 11.8 Å². The van der Waals surface area contributed by atoms with Crippen molar-refractivity contribution >= 4 is 5.78 Å². The zero-order chi connectivity index (χ0) is 11.8. The molecule has 92 valence electrons. The molecule has 1 aliphatic rings. The van der Waals surface area contributed by atoms with Crippen LogP contribution in [0.25, 0.3) is 0 Å². The first kappa shape index (κ1) is 13.4. The Morgan fingerprint density at radius 2 is 2.31 bits per heavy atom. The molecule has 3 nitrogen and oxygen atoms in total. The van der Waals surface area contributed by atoms with Gasteiger partial charge in [0.25, 0.3) is 0 Å². The van der Waals surface area contributed by atoms with E-state index in [1.807, 2.05) is 0 Å². The summed E-state index contributed by atoms with van der Waals surface area (Å²) in [7, 11) is 1.67. The van der Waals surface area contributed by atoms with Crippen LogP contribution in [0.1, 0.15) is 44.9 Å². The normalized spacial score (nSPS) is 18.8. The van der Waals surface area contributed by atoms with Crippen LogP contribution in [0.3, 0.4) is 0 Å². The van der Waals surface area contributed by atoms with Gasteiger partial charge in [0.05, 0.1) is 6.04 Å². The second kappa shape index (κ2) is 7.58. The van der Waals surface area contributed by atoms with Crippen molar-refractivity contribution in [2.45, 2.75) is 51.0 Å². The number of methoxy groups -OCH3 is 1. The van der Waals surface area contributed by atoms with E-state index in [1.54, 1.807) is 7.11 Å². The molecule has 3 heteroatoms. The summed E-state index contributed by atoms with van der Waals surface area (Å²) in [5.41, 5.74) is 6.85. The first-order valence-corrected chi connectivity index (χ1v) is 6.23. The second-order valence-corrected chi connectivity index (χ2v) is 4.43. The number of ketones is 1. The number of nitrogens with two attached hydrogens (primary N) is 1. The van der Waals surface area contributed by atoms with Crippen LogP contribution in [0.2, 0.25) is 0 Å². The summed E-state index contributed by atoms with van der Waals surface area (Å²) in [6.07, 6.45) is 9.18. The minimum absolute atomic E-state index is 0.151. The maximum atomic E-state index is 12.0. The number of Topliss-reactive ketones (excluding diaryl/α,β-unsaturated/α-hetero) is 1. The Morgan fingerprint density at radius 1 is 1.50 bits per heavy atom. The van der Waals surface area contributed by atoms with Crippen LogP contribution in [0, 0.1) is 0 Å². The summed E-state index contributed by atoms with van der Waals surface area (Å²) in [6.45, 7) is 0.681. The molecule has 0 amide bonds. The molecule has 0 heterocycles. The van der Waals surface area contributed by atoms with Crippen molar-refractivity contribution in [2.24, 2.45) is 5.73 Å². The maximum absolute atomic E-state index is 12.0. The molecule has 0 aliphatic heterocycles. The lowest BCUT2D eigenvalue weighted by atomic mass is 9.98. The predicted octanol–water partition coefficient (Wildman–Crippen LogP) is 2.20. The molecule has 1 aliphatic carbocycles. The van der Waals surface area contributed by atoms with Gasteiger partial charge in [-0.3, -0.25) is 4.79 Å². The fourth-order valence-corrected chi connectivity index (χ4v) is 2.06. The van der Waals surface area contributed by atoms with E-state index in [4.69, 9.17) is 10.5 Å². The van der Waals surface area contributed by atoms with Gasteiger partial charge < -0.3 is 10.5 Å². The molecule has 0 saturated heterocycles. The van der Waals surface area contributed by atoms with Crippen molar-refractivity contribution in [3.63, 3.8) is 0 Å². The fourth-order valence-electron chi connectivity index (χ4n) is 2.06. The summed E-state index contributed by atoms with van der Waals surface area (Å²) < 4.78 is 4.96. The fraction of sp³-hybridized carbons (Fsp3) is 0.769. The minimum atomic E-state index is -0.334. The molecule has 0 aromatic carbocycles. The topological polar surface area (TPSA) is 52.3 Å². The third-order valence-corrected chi connectivity index (χ3v) is 3.06. The highest BCUT2D eigenvalue weighted by Gasteiger charge is 2.18. The van der Waals surface area contributed by atoms with Crippen LogP contribution < -0.4 is 5.73 Å². The molecule has 0 fully saturated rings. The van der Waals surface area contributed by atoms with Gasteiger partial charge in [-0.05, 0) is 44.1 Å². The van der Waals surface area contributed by atoms with Gasteiger partial charge in [-0.1, -0.05) is 12.5 Å². The van der Waals surface area contributed by atoms with Gasteiger partial charge in [0.2, 0.25) is 0 Å². The van der Waals surface area contributed by atoms with Gasteiger partial charge in [-0.25, -0.2) is 0 Å². The third-order valence-electron chi connectivity index (χ3n) is 3.06. The van der Waals surface area contributed by atoms with E-state index in [9.17, 15) is 4.79 Å². The smallest absolute Gasteiger partial charge is 0.175 e. The average molecular weight is 225 g/mol. The molecule has 16 heavy (non-hydrogen) atoms. The van der Waals surface area contributed by atoms with Gasteiger partial charge >= 0.3 is 0 Å². The van der Waals surface area contributed by atoms with Gasteiger partial charge in [-0.15, -0.1) is 0 Å². The van der Waals surface area contributed by atoms with Crippen molar-refractivity contribution in [2.75, 3.05) is 13.7 Å². The van der Waals surface area contributed by atoms with Crippen molar-refractivity contribution in [3.8, 4) is 0 Å². The van der Waals surface area contributed by atoms with E-state index < -0.39 is 0 Å². The number of hydrogen-bond donors (Lipinski definition) is 1. The molecule has 2 N–H and O–H groups in total. The number of rotatable bonds is 6. The van der Waals surface area contributed by atoms with E-state index in [2.05, 4.69) is 6.08 Å². The quantitative estimate of drug-likeness (QED) is 0.705. The lowest BCUT2D eigenvalue weighted by molar-refractivity contribution is -0.117. The van der Waals surface area contributed by atoms with Crippen molar-refractivity contribution in [3.05, 3.63) is 11.6 Å². The minimum Gasteiger partial charge on any atom is -0.385 e. The molecule has 0 bridgehead atoms. The summed E-state index contributed by atoms with van der Waals surface area (Å²) in [5, 5.41) is 0. The van der Waals surface area contributed by atoms with Crippen LogP contribution in [0.15, 0.2) is 11.6 Å². The van der Waals surface area contributed by atoms with Crippen LogP contribution in [0.5, 0.6) is 0 Å². The van der Waals surface area contributed by atoms with Gasteiger partial charge in [0, 0.05) is 13.7 Å². The summed E-state index contributed by atoms with van der Waals surface area (Å²) >= 11 is 0. The van der Waals surface area contributed by atoms with Crippen LogP contribution in [-0.4, -0.2) is 25.5 Å². The monoisotopic (exact) mass is 225 g/mol. The maximum Gasteiger partial charge on any atom is 0.175 e. The van der Waals surface area contributed by atoms with Crippen molar-refractivity contribution in [1.82, 2.24) is 0 Å². The standard InChI is InChI=1S/C13H23NO2/c1-16-10-6-9-12(14)13(15)11-7-4-2-3-5-8-11/h7,12H,2-6,8-10,14H2,1H3. The molecule has 0 saturated carbocycles. The summed E-state index contributed by atoms with van der Waals surface area (Å²) in [4.78, 5) is 12.0. The van der Waals surface area contributed by atoms with E-state index in [0.29, 0.717) is 6.61 Å². The Hall–Kier alpha value is -0.670. The number of carbonyl (C=O) groups is 1. The molecular formula is C13H23NO2. The van der Waals surface area contributed by atoms with E-state index >= 15 is 0 Å². The second-order valence-electron chi connectivity index (χ2n) is 4.43. The van der Waals surface area contributed by atoms with Crippen molar-refractivity contribution < 1.29 is 9.53 Å². The van der Waals surface area contributed by atoms with Crippen LogP contribution in [-0.2, 0) is 9.53 Å². The number of carbonyl (C=O) groups excluding carboxylic acids is 1. The number of ether oxygens (including phenoxy) is 1. The molecule has 0 radical (unpaired) electrons. The number of hydrogen-bond acceptors (Lipinski definition) is 3. The Labute approximate surface area is 98.0 Å². The SMILES string of the molecule is COCCCC(N)C(=O)C1=CCCCCC1. The highest BCUT2D eigenvalue weighted by atomic mass is 16.5. The summed E-state index contributed by atoms with van der Waals surface area (Å²) in [6, 6.07) is -0.334. The Bertz CT molecular complexity index is 248. The Kier molecular flexibility index (Phi) is 6.34. The average Bonchev–Trinajstić information content (AvgIpc) is 2.56. The predicted molar refractivity (Wildman–Crippen MR) is 65.3 cm³/mol. The molecule has 0 spiro atoms. The van der Waals surface area contributed by atoms with Crippen LogP contribution in [0.4, 0.5) is 0 Å². The third kappa shape index (κ3) is 4.45. The zero-order valence-corrected chi connectivity index (χ0v) is 10.2. The molecular weight excluding hydrogens is 202 g/mol. The van der Waals surface area contributed by atoms with Gasteiger partial charge in [-0.2, -0.15) is 0 Å². The Balaban J connectivity index is 2.39. The first-order chi connectivity index (χ1) is 7.75. The molecule has 0 aromatic rings. The first-order valence-electron chi connectivity index (χ1n) is 6.23. The summed E-state index contributed by atoms with van der Waals surface area (Å²) in [5.74, 6) is 0.151. The molecule has 1 atom stereocenters. The zero-order valence-electron chi connectivity index (χ0n) is 10.2. The van der Waals surface area contributed by atoms with E-state index in [1.165, 1.54) is 12.8 Å². The van der Waals surface area contributed by atoms with Gasteiger partial charge in [0.15, 0.2) is 5.78 Å². The largest absolute Gasteiger partial charge is 0.385 e. The van der Waals surface area contributed by atoms with Crippen molar-refractivity contribution in [1.29, 1.82) is 0 Å². The van der Waals surface area contributed by atoms with Crippen LogP contribution >= 0.6 is 0 Å². The van der Waals surface area contributed by atoms with Gasteiger partial charge in [0.1, 0.15) is 0 Å². The highest BCUT2D eigenvalue weighted by Crippen LogP contribution is 2.19. The molecule has 1 unspecified atom stereocenters. The number of allylic oxidation sites excluding steroid dienone is 1.